The summed E-state index contributed by atoms with van der Waals surface area (Å²) in [5, 5.41) is 12.7. The lowest BCUT2D eigenvalue weighted by atomic mass is 9.99. The molecule has 0 radical (unpaired) electrons. The van der Waals surface area contributed by atoms with Gasteiger partial charge in [0.05, 0.1) is 17.3 Å². The summed E-state index contributed by atoms with van der Waals surface area (Å²) in [6.07, 6.45) is 2.07. The molecule has 1 heterocycles. The van der Waals surface area contributed by atoms with Gasteiger partial charge in [0.1, 0.15) is 0 Å². The summed E-state index contributed by atoms with van der Waals surface area (Å²) in [6, 6.07) is 5.56. The summed E-state index contributed by atoms with van der Waals surface area (Å²) in [5.74, 6) is 0.235. The number of amides is 1. The number of aliphatic hydroxyl groups is 1. The number of benzene rings is 1. The van der Waals surface area contributed by atoms with Gasteiger partial charge in [-0.3, -0.25) is 9.69 Å². The van der Waals surface area contributed by atoms with Crippen LogP contribution in [0.1, 0.15) is 18.4 Å². The molecule has 1 fully saturated rings. The standard InChI is InChI=1S/C15H21ClN2O2/c1-11-4-2-6-13(16)15(11)17-14(20)9-18-7-3-5-12(8-18)10-19/h2,4,6,12,19H,3,5,7-10H2,1H3,(H,17,20). The molecule has 0 spiro atoms. The molecule has 1 aromatic carbocycles. The number of carbonyl (C=O) groups is 1. The number of nitrogens with one attached hydrogen (secondary N) is 1. The smallest absolute Gasteiger partial charge is 0.238 e. The summed E-state index contributed by atoms with van der Waals surface area (Å²) < 4.78 is 0. The highest BCUT2D eigenvalue weighted by Crippen LogP contribution is 2.25. The van der Waals surface area contributed by atoms with Crippen molar-refractivity contribution in [3.8, 4) is 0 Å². The number of piperidine rings is 1. The monoisotopic (exact) mass is 296 g/mol. The molecule has 1 saturated heterocycles. The second kappa shape index (κ2) is 7.07. The number of carbonyl (C=O) groups excluding carboxylic acids is 1. The van der Waals surface area contributed by atoms with Crippen LogP contribution in [0.25, 0.3) is 0 Å². The Morgan fingerprint density at radius 1 is 1.55 bits per heavy atom. The fraction of sp³-hybridized carbons (Fsp3) is 0.533. The Hall–Kier alpha value is -1.10. The van der Waals surface area contributed by atoms with Crippen molar-refractivity contribution < 1.29 is 9.90 Å². The van der Waals surface area contributed by atoms with E-state index in [0.717, 1.165) is 31.5 Å². The molecule has 0 aromatic heterocycles. The highest BCUT2D eigenvalue weighted by molar-refractivity contribution is 6.33. The molecule has 110 valence electrons. The van der Waals surface area contributed by atoms with Crippen molar-refractivity contribution in [3.05, 3.63) is 28.8 Å². The second-order valence-corrected chi connectivity index (χ2v) is 5.81. The average molecular weight is 297 g/mol. The molecule has 4 nitrogen and oxygen atoms in total. The Kier molecular flexibility index (Phi) is 5.40. The Labute approximate surface area is 124 Å². The maximum absolute atomic E-state index is 12.1. The lowest BCUT2D eigenvalue weighted by molar-refractivity contribution is -0.117. The van der Waals surface area contributed by atoms with E-state index < -0.39 is 0 Å². The lowest BCUT2D eigenvalue weighted by Crippen LogP contribution is -2.41. The fourth-order valence-corrected chi connectivity index (χ4v) is 2.89. The topological polar surface area (TPSA) is 52.6 Å². The van der Waals surface area contributed by atoms with Crippen molar-refractivity contribution in [1.29, 1.82) is 0 Å². The molecule has 0 saturated carbocycles. The highest BCUT2D eigenvalue weighted by atomic mass is 35.5. The molecule has 1 aliphatic rings. The molecular formula is C15H21ClN2O2. The molecule has 20 heavy (non-hydrogen) atoms. The SMILES string of the molecule is Cc1cccc(Cl)c1NC(=O)CN1CCCC(CO)C1. The van der Waals surface area contributed by atoms with E-state index in [-0.39, 0.29) is 12.5 Å². The molecule has 0 aliphatic carbocycles. The first-order valence-electron chi connectivity index (χ1n) is 6.98. The van der Waals surface area contributed by atoms with Gasteiger partial charge >= 0.3 is 0 Å². The van der Waals surface area contributed by atoms with Crippen LogP contribution >= 0.6 is 11.6 Å². The zero-order valence-corrected chi connectivity index (χ0v) is 12.5. The number of hydrogen-bond donors (Lipinski definition) is 2. The predicted octanol–water partition coefficient (Wildman–Crippen LogP) is 2.29. The molecule has 2 N–H and O–H groups in total. The van der Waals surface area contributed by atoms with Gasteiger partial charge < -0.3 is 10.4 Å². The van der Waals surface area contributed by atoms with E-state index in [1.807, 2.05) is 19.1 Å². The average Bonchev–Trinajstić information content (AvgIpc) is 2.43. The number of nitrogens with zero attached hydrogens (tertiary/aromatic N) is 1. The molecule has 1 amide bonds. The first-order chi connectivity index (χ1) is 9.60. The van der Waals surface area contributed by atoms with Crippen molar-refractivity contribution in [1.82, 2.24) is 4.90 Å². The first-order valence-corrected chi connectivity index (χ1v) is 7.36. The van der Waals surface area contributed by atoms with Gasteiger partial charge in [0.2, 0.25) is 5.91 Å². The number of para-hydroxylation sites is 1. The van der Waals surface area contributed by atoms with E-state index in [0.29, 0.717) is 23.2 Å². The Morgan fingerprint density at radius 2 is 2.35 bits per heavy atom. The minimum atomic E-state index is -0.0558. The van der Waals surface area contributed by atoms with Gasteiger partial charge in [-0.05, 0) is 43.9 Å². The summed E-state index contributed by atoms with van der Waals surface area (Å²) in [6.45, 7) is 4.16. The van der Waals surface area contributed by atoms with Crippen LogP contribution in [-0.4, -0.2) is 42.2 Å². The van der Waals surface area contributed by atoms with E-state index >= 15 is 0 Å². The fourth-order valence-electron chi connectivity index (χ4n) is 2.62. The van der Waals surface area contributed by atoms with E-state index in [1.165, 1.54) is 0 Å². The van der Waals surface area contributed by atoms with Gasteiger partial charge in [0.25, 0.3) is 0 Å². The molecule has 1 unspecified atom stereocenters. The van der Waals surface area contributed by atoms with Crippen LogP contribution in [0, 0.1) is 12.8 Å². The summed E-state index contributed by atoms with van der Waals surface area (Å²) in [5.41, 5.74) is 1.65. The number of halogens is 1. The maximum Gasteiger partial charge on any atom is 0.238 e. The largest absolute Gasteiger partial charge is 0.396 e. The lowest BCUT2D eigenvalue weighted by Gasteiger charge is -2.31. The van der Waals surface area contributed by atoms with Crippen LogP contribution in [0.4, 0.5) is 5.69 Å². The van der Waals surface area contributed by atoms with Crippen molar-refractivity contribution in [2.45, 2.75) is 19.8 Å². The van der Waals surface area contributed by atoms with Gasteiger partial charge in [-0.2, -0.15) is 0 Å². The van der Waals surface area contributed by atoms with Crippen LogP contribution < -0.4 is 5.32 Å². The number of anilines is 1. The van der Waals surface area contributed by atoms with Gasteiger partial charge in [-0.25, -0.2) is 0 Å². The molecule has 5 heteroatoms. The molecule has 0 bridgehead atoms. The summed E-state index contributed by atoms with van der Waals surface area (Å²) >= 11 is 6.10. The minimum absolute atomic E-state index is 0.0558. The van der Waals surface area contributed by atoms with Crippen LogP contribution in [0.3, 0.4) is 0 Å². The van der Waals surface area contributed by atoms with E-state index in [2.05, 4.69) is 10.2 Å². The molecule has 1 aliphatic heterocycles. The Morgan fingerprint density at radius 3 is 3.05 bits per heavy atom. The molecule has 2 rings (SSSR count). The quantitative estimate of drug-likeness (QED) is 0.896. The first kappa shape index (κ1) is 15.3. The normalized spacial score (nSPS) is 19.9. The molecular weight excluding hydrogens is 276 g/mol. The van der Waals surface area contributed by atoms with Crippen LogP contribution in [0.15, 0.2) is 18.2 Å². The van der Waals surface area contributed by atoms with Crippen molar-refractivity contribution in [3.63, 3.8) is 0 Å². The zero-order valence-electron chi connectivity index (χ0n) is 11.7. The molecule has 1 atom stereocenters. The van der Waals surface area contributed by atoms with Crippen LogP contribution in [0.5, 0.6) is 0 Å². The van der Waals surface area contributed by atoms with Crippen LogP contribution in [0.2, 0.25) is 5.02 Å². The number of aryl methyl sites for hydroxylation is 1. The number of rotatable bonds is 4. The third-order valence-corrected chi connectivity index (χ3v) is 4.03. The van der Waals surface area contributed by atoms with Gasteiger partial charge in [-0.1, -0.05) is 23.7 Å². The third-order valence-electron chi connectivity index (χ3n) is 3.71. The maximum atomic E-state index is 12.1. The van der Waals surface area contributed by atoms with Crippen LogP contribution in [-0.2, 0) is 4.79 Å². The Bertz CT molecular complexity index is 459. The van der Waals surface area contributed by atoms with E-state index in [4.69, 9.17) is 11.6 Å². The number of hydrogen-bond acceptors (Lipinski definition) is 3. The van der Waals surface area contributed by atoms with Gasteiger partial charge in [-0.15, -0.1) is 0 Å². The minimum Gasteiger partial charge on any atom is -0.396 e. The van der Waals surface area contributed by atoms with Crippen molar-refractivity contribution >= 4 is 23.2 Å². The molecule has 1 aromatic rings. The number of aliphatic hydroxyl groups excluding tert-OH is 1. The predicted molar refractivity (Wildman–Crippen MR) is 81.1 cm³/mol. The van der Waals surface area contributed by atoms with Gasteiger partial charge in [0.15, 0.2) is 0 Å². The number of likely N-dealkylation sites (tertiary alicyclic amines) is 1. The van der Waals surface area contributed by atoms with Crippen molar-refractivity contribution in [2.24, 2.45) is 5.92 Å². The van der Waals surface area contributed by atoms with E-state index in [1.54, 1.807) is 6.07 Å². The van der Waals surface area contributed by atoms with Crippen molar-refractivity contribution in [2.75, 3.05) is 31.6 Å². The summed E-state index contributed by atoms with van der Waals surface area (Å²) in [4.78, 5) is 14.2. The van der Waals surface area contributed by atoms with Gasteiger partial charge in [0, 0.05) is 13.2 Å². The second-order valence-electron chi connectivity index (χ2n) is 5.41. The van der Waals surface area contributed by atoms with E-state index in [9.17, 15) is 9.90 Å². The third kappa shape index (κ3) is 3.95. The highest BCUT2D eigenvalue weighted by Gasteiger charge is 2.21. The Balaban J connectivity index is 1.92. The zero-order chi connectivity index (χ0) is 14.5. The summed E-state index contributed by atoms with van der Waals surface area (Å²) in [7, 11) is 0.